The highest BCUT2D eigenvalue weighted by molar-refractivity contribution is 6.00. The van der Waals surface area contributed by atoms with Gasteiger partial charge in [0.1, 0.15) is 11.8 Å². The Labute approximate surface area is 139 Å². The lowest BCUT2D eigenvalue weighted by Gasteiger charge is -2.11. The van der Waals surface area contributed by atoms with Gasteiger partial charge in [0.2, 0.25) is 0 Å². The fourth-order valence-electron chi connectivity index (χ4n) is 2.11. The molecule has 24 heavy (non-hydrogen) atoms. The Bertz CT molecular complexity index is 777. The van der Waals surface area contributed by atoms with Gasteiger partial charge in [0.25, 0.3) is 11.8 Å². The van der Waals surface area contributed by atoms with Gasteiger partial charge in [-0.15, -0.1) is 0 Å². The summed E-state index contributed by atoms with van der Waals surface area (Å²) in [5, 5.41) is 17.1. The van der Waals surface area contributed by atoms with Crippen molar-refractivity contribution in [2.45, 2.75) is 6.54 Å². The first kappa shape index (κ1) is 17.0. The number of nitriles is 1. The second-order valence-corrected chi connectivity index (χ2v) is 4.94. The molecule has 0 fully saturated rings. The van der Waals surface area contributed by atoms with Gasteiger partial charge in [0, 0.05) is 30.9 Å². The minimum atomic E-state index is -0.284. The molecule has 1 aromatic carbocycles. The van der Waals surface area contributed by atoms with Crippen molar-refractivity contribution in [2.24, 2.45) is 0 Å². The first-order valence-corrected chi connectivity index (χ1v) is 7.26. The van der Waals surface area contributed by atoms with Crippen LogP contribution in [0.4, 0.5) is 5.69 Å². The number of rotatable bonds is 5. The SMILES string of the molecule is CNC(=O)c1cc(NCc2cccc(C#N)n2)cc(C(=O)NC)c1. The van der Waals surface area contributed by atoms with Gasteiger partial charge in [0.15, 0.2) is 0 Å². The second kappa shape index (κ2) is 7.74. The molecule has 0 aliphatic rings. The van der Waals surface area contributed by atoms with Crippen LogP contribution < -0.4 is 16.0 Å². The van der Waals surface area contributed by atoms with Gasteiger partial charge in [-0.05, 0) is 30.3 Å². The molecule has 0 radical (unpaired) electrons. The third-order valence-electron chi connectivity index (χ3n) is 3.31. The number of hydrogen-bond donors (Lipinski definition) is 3. The normalized spacial score (nSPS) is 9.71. The summed E-state index contributed by atoms with van der Waals surface area (Å²) in [5.41, 5.74) is 2.37. The lowest BCUT2D eigenvalue weighted by Crippen LogP contribution is -2.21. The van der Waals surface area contributed by atoms with Crippen LogP contribution in [-0.2, 0) is 6.54 Å². The number of pyridine rings is 1. The fourth-order valence-corrected chi connectivity index (χ4v) is 2.11. The predicted molar refractivity (Wildman–Crippen MR) is 89.5 cm³/mol. The first-order chi connectivity index (χ1) is 11.6. The number of benzene rings is 1. The summed E-state index contributed by atoms with van der Waals surface area (Å²) in [4.78, 5) is 27.9. The zero-order valence-corrected chi connectivity index (χ0v) is 13.4. The number of anilines is 1. The highest BCUT2D eigenvalue weighted by atomic mass is 16.2. The Morgan fingerprint density at radius 2 is 1.71 bits per heavy atom. The Balaban J connectivity index is 2.26. The smallest absolute Gasteiger partial charge is 0.251 e. The zero-order valence-electron chi connectivity index (χ0n) is 13.4. The van der Waals surface area contributed by atoms with E-state index in [9.17, 15) is 9.59 Å². The molecule has 0 unspecified atom stereocenters. The van der Waals surface area contributed by atoms with Crippen LogP contribution in [0.1, 0.15) is 32.1 Å². The largest absolute Gasteiger partial charge is 0.379 e. The fraction of sp³-hybridized carbons (Fsp3) is 0.176. The molecule has 0 bridgehead atoms. The third kappa shape index (κ3) is 4.08. The minimum absolute atomic E-state index is 0.284. The maximum absolute atomic E-state index is 11.9. The summed E-state index contributed by atoms with van der Waals surface area (Å²) in [6.07, 6.45) is 0. The van der Waals surface area contributed by atoms with Gasteiger partial charge in [-0.25, -0.2) is 4.98 Å². The molecule has 2 amide bonds. The molecule has 2 aromatic rings. The lowest BCUT2D eigenvalue weighted by molar-refractivity contribution is 0.0962. The molecule has 0 saturated heterocycles. The average molecular weight is 323 g/mol. The number of carbonyl (C=O) groups is 2. The molecule has 0 saturated carbocycles. The molecule has 1 heterocycles. The number of hydrogen-bond acceptors (Lipinski definition) is 5. The molecule has 3 N–H and O–H groups in total. The van der Waals surface area contributed by atoms with E-state index < -0.39 is 0 Å². The Kier molecular flexibility index (Phi) is 5.47. The van der Waals surface area contributed by atoms with Crippen molar-refractivity contribution in [2.75, 3.05) is 19.4 Å². The van der Waals surface area contributed by atoms with E-state index in [4.69, 9.17) is 5.26 Å². The Morgan fingerprint density at radius 3 is 2.25 bits per heavy atom. The van der Waals surface area contributed by atoms with Crippen molar-refractivity contribution in [3.63, 3.8) is 0 Å². The summed E-state index contributed by atoms with van der Waals surface area (Å²) in [6, 6.07) is 12.0. The Morgan fingerprint density at radius 1 is 1.08 bits per heavy atom. The van der Waals surface area contributed by atoms with Crippen molar-refractivity contribution in [1.29, 1.82) is 5.26 Å². The van der Waals surface area contributed by atoms with E-state index >= 15 is 0 Å². The summed E-state index contributed by atoms with van der Waals surface area (Å²) in [5.74, 6) is -0.568. The van der Waals surface area contributed by atoms with E-state index in [-0.39, 0.29) is 11.8 Å². The van der Waals surface area contributed by atoms with E-state index in [1.54, 1.807) is 30.3 Å². The van der Waals surface area contributed by atoms with Crippen LogP contribution in [0.5, 0.6) is 0 Å². The van der Waals surface area contributed by atoms with Gasteiger partial charge in [0.05, 0.1) is 12.2 Å². The number of amides is 2. The molecule has 7 nitrogen and oxygen atoms in total. The van der Waals surface area contributed by atoms with Crippen LogP contribution in [0, 0.1) is 11.3 Å². The number of nitrogens with one attached hydrogen (secondary N) is 3. The number of nitrogens with zero attached hydrogens (tertiary/aromatic N) is 2. The number of carbonyl (C=O) groups excluding carboxylic acids is 2. The lowest BCUT2D eigenvalue weighted by atomic mass is 10.1. The maximum atomic E-state index is 11.9. The van der Waals surface area contributed by atoms with Crippen LogP contribution in [0.2, 0.25) is 0 Å². The monoisotopic (exact) mass is 323 g/mol. The van der Waals surface area contributed by atoms with Crippen molar-refractivity contribution < 1.29 is 9.59 Å². The average Bonchev–Trinajstić information content (AvgIpc) is 2.64. The van der Waals surface area contributed by atoms with Crippen molar-refractivity contribution in [3.05, 3.63) is 58.9 Å². The van der Waals surface area contributed by atoms with Gasteiger partial charge in [-0.2, -0.15) is 5.26 Å². The van der Waals surface area contributed by atoms with Crippen LogP contribution >= 0.6 is 0 Å². The zero-order chi connectivity index (χ0) is 17.5. The van der Waals surface area contributed by atoms with E-state index in [1.165, 1.54) is 20.2 Å². The number of aromatic nitrogens is 1. The van der Waals surface area contributed by atoms with Gasteiger partial charge in [-0.3, -0.25) is 9.59 Å². The molecule has 0 atom stereocenters. The highest BCUT2D eigenvalue weighted by Crippen LogP contribution is 2.16. The predicted octanol–water partition coefficient (Wildman–Crippen LogP) is 1.28. The van der Waals surface area contributed by atoms with E-state index in [0.29, 0.717) is 34.7 Å². The quantitative estimate of drug-likeness (QED) is 0.768. The topological polar surface area (TPSA) is 107 Å². The molecule has 0 aliphatic carbocycles. The molecule has 122 valence electrons. The Hall–Kier alpha value is -3.40. The maximum Gasteiger partial charge on any atom is 0.251 e. The van der Waals surface area contributed by atoms with Crippen LogP contribution in [0.3, 0.4) is 0 Å². The molecule has 2 rings (SSSR count). The summed E-state index contributed by atoms with van der Waals surface area (Å²) in [6.45, 7) is 0.361. The molecule has 7 heteroatoms. The van der Waals surface area contributed by atoms with Crippen LogP contribution in [0.15, 0.2) is 36.4 Å². The van der Waals surface area contributed by atoms with Crippen LogP contribution in [-0.4, -0.2) is 30.9 Å². The van der Waals surface area contributed by atoms with Crippen LogP contribution in [0.25, 0.3) is 0 Å². The third-order valence-corrected chi connectivity index (χ3v) is 3.31. The standard InChI is InChI=1S/C17H17N5O2/c1-19-16(23)11-6-12(17(24)20-2)8-15(7-11)21-10-14-5-3-4-13(9-18)22-14/h3-8,21H,10H2,1-2H3,(H,19,23)(H,20,24). The van der Waals surface area contributed by atoms with Crippen molar-refractivity contribution in [3.8, 4) is 6.07 Å². The van der Waals surface area contributed by atoms with E-state index in [1.807, 2.05) is 6.07 Å². The van der Waals surface area contributed by atoms with Gasteiger partial charge < -0.3 is 16.0 Å². The first-order valence-electron chi connectivity index (χ1n) is 7.26. The molecular weight excluding hydrogens is 306 g/mol. The van der Waals surface area contributed by atoms with Crippen molar-refractivity contribution >= 4 is 17.5 Å². The van der Waals surface area contributed by atoms with E-state index in [2.05, 4.69) is 20.9 Å². The second-order valence-electron chi connectivity index (χ2n) is 4.94. The summed E-state index contributed by atoms with van der Waals surface area (Å²) in [7, 11) is 3.05. The van der Waals surface area contributed by atoms with Gasteiger partial charge in [-0.1, -0.05) is 6.07 Å². The minimum Gasteiger partial charge on any atom is -0.379 e. The molecule has 1 aromatic heterocycles. The molecule has 0 aliphatic heterocycles. The molecular formula is C17H17N5O2. The molecule has 0 spiro atoms. The highest BCUT2D eigenvalue weighted by Gasteiger charge is 2.11. The summed E-state index contributed by atoms with van der Waals surface area (Å²) >= 11 is 0. The van der Waals surface area contributed by atoms with Crippen molar-refractivity contribution in [1.82, 2.24) is 15.6 Å². The van der Waals surface area contributed by atoms with E-state index in [0.717, 1.165) is 0 Å². The van der Waals surface area contributed by atoms with Gasteiger partial charge >= 0.3 is 0 Å². The summed E-state index contributed by atoms with van der Waals surface area (Å²) < 4.78 is 0.